The number of hydrogen-bond donors (Lipinski definition) is 4. The molecule has 10 nitrogen and oxygen atoms in total. The molecule has 0 saturated heterocycles. The van der Waals surface area contributed by atoms with Crippen molar-refractivity contribution >= 4 is 19.5 Å². The van der Waals surface area contributed by atoms with Gasteiger partial charge < -0.3 is 24.9 Å². The second-order valence-corrected chi connectivity index (χ2v) is 17.8. The number of carbonyl (C=O) groups is 2. The summed E-state index contributed by atoms with van der Waals surface area (Å²) in [5.41, 5.74) is 0. The van der Waals surface area contributed by atoms with E-state index in [2.05, 4.69) is 19.2 Å². The monoisotopic (exact) mass is 784 g/mol. The lowest BCUT2D eigenvalue weighted by atomic mass is 9.90. The molecule has 0 radical (unpaired) electrons. The Bertz CT molecular complexity index is 1120. The van der Waals surface area contributed by atoms with Crippen LogP contribution in [0.1, 0.15) is 155 Å². The fraction of sp³-hybridized carbons (Fsp3) is 0.814. The number of carbonyl (C=O) groups excluding carboxylic acids is 2. The van der Waals surface area contributed by atoms with Gasteiger partial charge in [0.2, 0.25) is 5.91 Å². The number of amides is 1. The van der Waals surface area contributed by atoms with Gasteiger partial charge in [-0.1, -0.05) is 147 Å². The third-order valence-electron chi connectivity index (χ3n) is 10.1. The molecular formula is C43H80N2O8P+. The number of aliphatic hydroxyl groups excluding tert-OH is 2. The van der Waals surface area contributed by atoms with Crippen LogP contribution in [0, 0.1) is 11.8 Å². The molecule has 1 unspecified atom stereocenters. The van der Waals surface area contributed by atoms with E-state index in [9.17, 15) is 29.3 Å². The van der Waals surface area contributed by atoms with E-state index in [1.165, 1.54) is 64.2 Å². The maximum absolute atomic E-state index is 12.9. The number of ketones is 1. The summed E-state index contributed by atoms with van der Waals surface area (Å²) < 4.78 is 23.6. The predicted octanol–water partition coefficient (Wildman–Crippen LogP) is 9.14. The summed E-state index contributed by atoms with van der Waals surface area (Å²) in [6, 6.07) is -0.838. The van der Waals surface area contributed by atoms with Crippen LogP contribution in [0.5, 0.6) is 0 Å². The molecule has 6 atom stereocenters. The molecule has 0 aromatic heterocycles. The van der Waals surface area contributed by atoms with Crippen LogP contribution in [0.4, 0.5) is 0 Å². The van der Waals surface area contributed by atoms with Gasteiger partial charge in [-0.15, -0.1) is 0 Å². The lowest BCUT2D eigenvalue weighted by molar-refractivity contribution is -0.870. The van der Waals surface area contributed by atoms with Crippen molar-refractivity contribution in [1.29, 1.82) is 0 Å². The predicted molar refractivity (Wildman–Crippen MR) is 221 cm³/mol. The van der Waals surface area contributed by atoms with Crippen molar-refractivity contribution in [3.63, 3.8) is 0 Å². The Morgan fingerprint density at radius 1 is 0.852 bits per heavy atom. The average Bonchev–Trinajstić information content (AvgIpc) is 3.46. The van der Waals surface area contributed by atoms with Gasteiger partial charge in [0.1, 0.15) is 13.2 Å². The van der Waals surface area contributed by atoms with Crippen molar-refractivity contribution < 1.29 is 42.8 Å². The highest BCUT2D eigenvalue weighted by molar-refractivity contribution is 7.47. The molecule has 54 heavy (non-hydrogen) atoms. The van der Waals surface area contributed by atoms with Crippen molar-refractivity contribution in [3.05, 3.63) is 36.5 Å². The van der Waals surface area contributed by atoms with E-state index in [1.54, 1.807) is 12.2 Å². The number of hydrogen-bond acceptors (Lipinski definition) is 7. The van der Waals surface area contributed by atoms with Crippen LogP contribution in [0.3, 0.4) is 0 Å². The van der Waals surface area contributed by atoms with E-state index >= 15 is 0 Å². The first kappa shape index (κ1) is 50.4. The number of quaternary nitrogens is 1. The average molecular weight is 784 g/mol. The summed E-state index contributed by atoms with van der Waals surface area (Å²) in [4.78, 5) is 35.6. The summed E-state index contributed by atoms with van der Waals surface area (Å²) in [5, 5.41) is 24.1. The Morgan fingerprint density at radius 2 is 1.43 bits per heavy atom. The van der Waals surface area contributed by atoms with Gasteiger partial charge in [0.25, 0.3) is 0 Å². The van der Waals surface area contributed by atoms with E-state index in [0.29, 0.717) is 43.1 Å². The number of unbranched alkanes of at least 4 members (excludes halogenated alkanes) is 15. The second kappa shape index (κ2) is 30.5. The van der Waals surface area contributed by atoms with Gasteiger partial charge in [-0.2, -0.15) is 0 Å². The minimum Gasteiger partial charge on any atom is -0.391 e. The fourth-order valence-corrected chi connectivity index (χ4v) is 7.30. The van der Waals surface area contributed by atoms with E-state index in [0.717, 1.165) is 38.5 Å². The van der Waals surface area contributed by atoms with Crippen molar-refractivity contribution in [2.24, 2.45) is 11.8 Å². The quantitative estimate of drug-likeness (QED) is 0.0216. The largest absolute Gasteiger partial charge is 0.472 e. The normalized spacial score (nSPS) is 19.1. The number of nitrogens with zero attached hydrogens (tertiary/aromatic N) is 1. The highest BCUT2D eigenvalue weighted by atomic mass is 31.2. The van der Waals surface area contributed by atoms with Crippen molar-refractivity contribution in [3.8, 4) is 0 Å². The summed E-state index contributed by atoms with van der Waals surface area (Å²) in [6.45, 7) is 4.60. The van der Waals surface area contributed by atoms with Gasteiger partial charge in [-0.05, 0) is 44.1 Å². The lowest BCUT2D eigenvalue weighted by Gasteiger charge is -2.26. The molecule has 1 aliphatic carbocycles. The van der Waals surface area contributed by atoms with Gasteiger partial charge >= 0.3 is 7.82 Å². The molecule has 1 rings (SSSR count). The summed E-state index contributed by atoms with van der Waals surface area (Å²) in [6.07, 6.45) is 32.2. The molecular weight excluding hydrogens is 703 g/mol. The highest BCUT2D eigenvalue weighted by Gasteiger charge is 2.29. The molecule has 0 heterocycles. The Hall–Kier alpha value is -1.65. The van der Waals surface area contributed by atoms with Crippen LogP contribution in [0.15, 0.2) is 36.5 Å². The smallest absolute Gasteiger partial charge is 0.391 e. The highest BCUT2D eigenvalue weighted by Crippen LogP contribution is 2.43. The fourth-order valence-electron chi connectivity index (χ4n) is 6.56. The number of phosphoric ester groups is 1. The van der Waals surface area contributed by atoms with Gasteiger partial charge in [0.05, 0.1) is 46.0 Å². The maximum Gasteiger partial charge on any atom is 0.472 e. The minimum atomic E-state index is -4.37. The lowest BCUT2D eigenvalue weighted by Crippen LogP contribution is -2.46. The summed E-state index contributed by atoms with van der Waals surface area (Å²) >= 11 is 0. The number of likely N-dealkylation sites (N-methyl/N-ethyl adjacent to an activating group) is 1. The van der Waals surface area contributed by atoms with E-state index in [4.69, 9.17) is 9.05 Å². The van der Waals surface area contributed by atoms with Gasteiger partial charge in [-0.25, -0.2) is 4.57 Å². The van der Waals surface area contributed by atoms with Crippen LogP contribution in [0.25, 0.3) is 0 Å². The molecule has 0 fully saturated rings. The third-order valence-corrected chi connectivity index (χ3v) is 11.1. The second-order valence-electron chi connectivity index (χ2n) is 16.4. The van der Waals surface area contributed by atoms with E-state index in [1.807, 2.05) is 45.4 Å². The topological polar surface area (TPSA) is 142 Å². The number of rotatable bonds is 35. The molecule has 4 N–H and O–H groups in total. The third kappa shape index (κ3) is 27.0. The van der Waals surface area contributed by atoms with Gasteiger partial charge in [-0.3, -0.25) is 18.6 Å². The van der Waals surface area contributed by atoms with Crippen LogP contribution >= 0.6 is 7.82 Å². The van der Waals surface area contributed by atoms with Gasteiger partial charge in [0.15, 0.2) is 5.78 Å². The van der Waals surface area contributed by atoms with Gasteiger partial charge in [0, 0.05) is 12.3 Å². The zero-order valence-electron chi connectivity index (χ0n) is 34.8. The number of phosphoric acid groups is 1. The Labute approximate surface area is 329 Å². The zero-order chi connectivity index (χ0) is 40.1. The van der Waals surface area contributed by atoms with Crippen molar-refractivity contribution in [1.82, 2.24) is 5.32 Å². The number of allylic oxidation sites excluding steroid dienone is 5. The summed E-state index contributed by atoms with van der Waals surface area (Å²) in [5.74, 6) is -0.409. The zero-order valence-corrected chi connectivity index (χ0v) is 35.7. The standard InChI is InChI=1S/C43H79N2O8P/c1-6-8-10-11-12-13-14-15-16-17-18-19-24-28-42(48)40(36-53-54(50,51)52-35-34-45(3,4)5)44-43(49)29-25-21-20-23-26-37-30-33-41(47)39(37)32-31-38(46)27-22-9-7-2/h20,23,30-33,37-40,42,46,48H,6-19,21-22,24-29,34-36H2,1-5H3,(H-,44,49,50,51)/p+1/b23-20-,32-31+/t37-,38-,39+,40-,42+/m0/s1. The van der Waals surface area contributed by atoms with Crippen molar-refractivity contribution in [2.45, 2.75) is 173 Å². The van der Waals surface area contributed by atoms with E-state index < -0.39 is 26.1 Å². The Kier molecular flexibility index (Phi) is 28.4. The molecule has 0 aromatic carbocycles. The number of aliphatic hydroxyl groups is 2. The first-order valence-corrected chi connectivity index (χ1v) is 22.9. The number of nitrogens with one attached hydrogen (secondary N) is 1. The first-order valence-electron chi connectivity index (χ1n) is 21.4. The first-order chi connectivity index (χ1) is 25.8. The molecule has 0 spiro atoms. The molecule has 11 heteroatoms. The minimum absolute atomic E-state index is 0.0380. The van der Waals surface area contributed by atoms with E-state index in [-0.39, 0.29) is 43.2 Å². The molecule has 0 saturated carbocycles. The molecule has 0 bridgehead atoms. The van der Waals surface area contributed by atoms with Crippen molar-refractivity contribution in [2.75, 3.05) is 40.9 Å². The van der Waals surface area contributed by atoms with Crippen LogP contribution in [0.2, 0.25) is 0 Å². The molecule has 0 aliphatic heterocycles. The Balaban J connectivity index is 2.52. The summed E-state index contributed by atoms with van der Waals surface area (Å²) in [7, 11) is 1.49. The SMILES string of the molecule is CCCCCCCCCCCCCCC[C@@H](O)[C@H](COP(=O)(O)OCC[N+](C)(C)C)NC(=O)CCC/C=C\C[C@H]1C=CC(=O)[C@@H]1/C=C/[C@@H](O)CCCCC. The van der Waals surface area contributed by atoms with Crippen LogP contribution < -0.4 is 5.32 Å². The maximum atomic E-state index is 12.9. The van der Waals surface area contributed by atoms with Crippen LogP contribution in [-0.4, -0.2) is 90.4 Å². The molecule has 1 aliphatic rings. The van der Waals surface area contributed by atoms with Crippen LogP contribution in [-0.2, 0) is 23.2 Å². The Morgan fingerprint density at radius 3 is 2.04 bits per heavy atom. The molecule has 314 valence electrons. The molecule has 0 aromatic rings. The molecule has 1 amide bonds.